The van der Waals surface area contributed by atoms with Gasteiger partial charge in [-0.3, -0.25) is 0 Å². The summed E-state index contributed by atoms with van der Waals surface area (Å²) >= 11 is 5.48. The molecule has 0 radical (unpaired) electrons. The molecule has 0 unspecified atom stereocenters. The maximum absolute atomic E-state index is 5.48. The molecule has 0 atom stereocenters. The summed E-state index contributed by atoms with van der Waals surface area (Å²) < 4.78 is 0. The minimum Gasteiger partial charge on any atom is -0.0654 e. The fraction of sp³-hybridized carbons (Fsp3) is 0.652. The molecule has 1 aromatic rings. The Balaban J connectivity index is 1.48. The molecule has 0 N–H and O–H groups in total. The van der Waals surface area contributed by atoms with Crippen molar-refractivity contribution in [2.24, 2.45) is 17.8 Å². The fourth-order valence-electron chi connectivity index (χ4n) is 5.17. The summed E-state index contributed by atoms with van der Waals surface area (Å²) in [5.41, 5.74) is 2.52. The van der Waals surface area contributed by atoms with Crippen LogP contribution in [0.1, 0.15) is 88.2 Å². The Morgan fingerprint density at radius 3 is 2.00 bits per heavy atom. The molecule has 0 spiro atoms. The van der Waals surface area contributed by atoms with Crippen molar-refractivity contribution in [3.63, 3.8) is 0 Å². The van der Waals surface area contributed by atoms with Crippen molar-refractivity contribution in [2.75, 3.05) is 0 Å². The van der Waals surface area contributed by atoms with Gasteiger partial charge in [0, 0.05) is 10.9 Å². The molecule has 0 heterocycles. The van der Waals surface area contributed by atoms with Crippen molar-refractivity contribution < 1.29 is 0 Å². The van der Waals surface area contributed by atoms with Gasteiger partial charge < -0.3 is 0 Å². The van der Waals surface area contributed by atoms with Crippen LogP contribution in [0.15, 0.2) is 24.3 Å². The van der Waals surface area contributed by atoms with Crippen LogP contribution in [-0.4, -0.2) is 0 Å². The van der Waals surface area contributed by atoms with Crippen LogP contribution in [0, 0.1) is 29.1 Å². The molecule has 1 aromatic carbocycles. The predicted molar refractivity (Wildman–Crippen MR) is 104 cm³/mol. The largest absolute Gasteiger partial charge is 0.0654 e. The van der Waals surface area contributed by atoms with E-state index in [1.165, 1.54) is 69.8 Å². The molecule has 0 aromatic heterocycles. The van der Waals surface area contributed by atoms with E-state index in [0.717, 1.165) is 29.2 Å². The van der Waals surface area contributed by atoms with Crippen LogP contribution in [0.25, 0.3) is 0 Å². The zero-order chi connectivity index (χ0) is 16.8. The summed E-state index contributed by atoms with van der Waals surface area (Å²) in [6.45, 7) is 2.34. The third kappa shape index (κ3) is 4.58. The number of hydrogen-bond donors (Lipinski definition) is 0. The number of halogens is 1. The predicted octanol–water partition coefficient (Wildman–Crippen LogP) is 7.11. The standard InChI is InChI=1S/C23H31Cl/c1-2-3-18-4-8-20(9-5-18)22-12-14-23(15-13-22)21-10-6-19(7-11-21)16-17-24/h6-7,10-11,18,20,22-23H,2-5,8-9,12-15H2,1H3/t18-,20-,22?,23?. The first kappa shape index (κ1) is 17.9. The van der Waals surface area contributed by atoms with Crippen molar-refractivity contribution in [1.29, 1.82) is 0 Å². The van der Waals surface area contributed by atoms with Gasteiger partial charge in [-0.2, -0.15) is 0 Å². The summed E-state index contributed by atoms with van der Waals surface area (Å²) in [6.07, 6.45) is 14.5. The molecule has 2 fully saturated rings. The normalized spacial score (nSPS) is 30.4. The Bertz CT molecular complexity index is 546. The van der Waals surface area contributed by atoms with E-state index in [-0.39, 0.29) is 0 Å². The Morgan fingerprint density at radius 2 is 1.46 bits per heavy atom. The summed E-state index contributed by atoms with van der Waals surface area (Å²) in [5.74, 6) is 6.75. The van der Waals surface area contributed by atoms with Crippen LogP contribution >= 0.6 is 11.6 Å². The summed E-state index contributed by atoms with van der Waals surface area (Å²) in [4.78, 5) is 0. The fourth-order valence-corrected chi connectivity index (χ4v) is 5.28. The lowest BCUT2D eigenvalue weighted by atomic mass is 9.68. The zero-order valence-corrected chi connectivity index (χ0v) is 15.8. The second-order valence-electron chi connectivity index (χ2n) is 8.02. The average Bonchev–Trinajstić information content (AvgIpc) is 2.64. The van der Waals surface area contributed by atoms with Gasteiger partial charge in [-0.1, -0.05) is 44.7 Å². The maximum atomic E-state index is 5.48. The van der Waals surface area contributed by atoms with Gasteiger partial charge in [0.1, 0.15) is 0 Å². The van der Waals surface area contributed by atoms with Gasteiger partial charge in [0.05, 0.1) is 0 Å². The Morgan fingerprint density at radius 1 is 0.875 bits per heavy atom. The van der Waals surface area contributed by atoms with Crippen molar-refractivity contribution in [3.8, 4) is 11.3 Å². The molecule has 3 rings (SSSR count). The summed E-state index contributed by atoms with van der Waals surface area (Å²) in [5, 5.41) is 2.46. The molecule has 2 saturated carbocycles. The highest BCUT2D eigenvalue weighted by molar-refractivity contribution is 6.30. The molecular formula is C23H31Cl. The first-order chi connectivity index (χ1) is 11.8. The van der Waals surface area contributed by atoms with E-state index in [0.29, 0.717) is 0 Å². The number of hydrogen-bond acceptors (Lipinski definition) is 0. The molecule has 130 valence electrons. The van der Waals surface area contributed by atoms with Crippen molar-refractivity contribution >= 4 is 11.6 Å². The van der Waals surface area contributed by atoms with Crippen molar-refractivity contribution in [3.05, 3.63) is 35.4 Å². The van der Waals surface area contributed by atoms with E-state index in [1.807, 2.05) is 0 Å². The molecule has 1 heteroatoms. The third-order valence-electron chi connectivity index (χ3n) is 6.60. The zero-order valence-electron chi connectivity index (χ0n) is 15.1. The molecule has 2 aliphatic carbocycles. The molecule has 24 heavy (non-hydrogen) atoms. The van der Waals surface area contributed by atoms with Gasteiger partial charge in [-0.05, 0) is 97.4 Å². The molecule has 0 aliphatic heterocycles. The van der Waals surface area contributed by atoms with Crippen molar-refractivity contribution in [1.82, 2.24) is 0 Å². The van der Waals surface area contributed by atoms with E-state index in [1.54, 1.807) is 0 Å². The molecule has 0 amide bonds. The lowest BCUT2D eigenvalue weighted by Crippen LogP contribution is -2.25. The molecule has 0 nitrogen and oxygen atoms in total. The monoisotopic (exact) mass is 342 g/mol. The summed E-state index contributed by atoms with van der Waals surface area (Å²) in [6, 6.07) is 8.76. The van der Waals surface area contributed by atoms with Gasteiger partial charge in [-0.25, -0.2) is 0 Å². The lowest BCUT2D eigenvalue weighted by Gasteiger charge is -2.38. The van der Waals surface area contributed by atoms with E-state index in [9.17, 15) is 0 Å². The highest BCUT2D eigenvalue weighted by Crippen LogP contribution is 2.44. The van der Waals surface area contributed by atoms with E-state index in [4.69, 9.17) is 11.6 Å². The molecule has 0 bridgehead atoms. The van der Waals surface area contributed by atoms with Gasteiger partial charge in [0.25, 0.3) is 0 Å². The van der Waals surface area contributed by atoms with Crippen molar-refractivity contribution in [2.45, 2.75) is 77.0 Å². The first-order valence-corrected chi connectivity index (χ1v) is 10.4. The van der Waals surface area contributed by atoms with E-state index >= 15 is 0 Å². The minimum absolute atomic E-state index is 0.760. The van der Waals surface area contributed by atoms with E-state index in [2.05, 4.69) is 42.5 Å². The van der Waals surface area contributed by atoms with Crippen LogP contribution in [0.5, 0.6) is 0 Å². The van der Waals surface area contributed by atoms with E-state index < -0.39 is 0 Å². The van der Waals surface area contributed by atoms with Crippen LogP contribution in [0.3, 0.4) is 0 Å². The highest BCUT2D eigenvalue weighted by atomic mass is 35.5. The second kappa shape index (κ2) is 8.96. The van der Waals surface area contributed by atoms with Crippen LogP contribution in [0.4, 0.5) is 0 Å². The Labute approximate surface area is 153 Å². The third-order valence-corrected chi connectivity index (χ3v) is 6.70. The van der Waals surface area contributed by atoms with Gasteiger partial charge >= 0.3 is 0 Å². The highest BCUT2D eigenvalue weighted by Gasteiger charge is 2.30. The molecule has 2 aliphatic rings. The Hall–Kier alpha value is -0.930. The van der Waals surface area contributed by atoms with Crippen LogP contribution < -0.4 is 0 Å². The SMILES string of the molecule is CCC[C@H]1CC[C@H](C2CCC(c3ccc(C#CCl)cc3)CC2)CC1. The number of rotatable bonds is 4. The smallest absolute Gasteiger partial charge is 0.0258 e. The van der Waals surface area contributed by atoms with Crippen LogP contribution in [-0.2, 0) is 0 Å². The minimum atomic E-state index is 0.760. The van der Waals surface area contributed by atoms with Gasteiger partial charge in [-0.15, -0.1) is 0 Å². The van der Waals surface area contributed by atoms with Gasteiger partial charge in [0.15, 0.2) is 0 Å². The molecular weight excluding hydrogens is 312 g/mol. The topological polar surface area (TPSA) is 0 Å². The average molecular weight is 343 g/mol. The first-order valence-electron chi connectivity index (χ1n) is 10.0. The lowest BCUT2D eigenvalue weighted by molar-refractivity contribution is 0.156. The maximum Gasteiger partial charge on any atom is 0.0258 e. The van der Waals surface area contributed by atoms with Crippen LogP contribution in [0.2, 0.25) is 0 Å². The van der Waals surface area contributed by atoms with Gasteiger partial charge in [0.2, 0.25) is 0 Å². The Kier molecular flexibility index (Phi) is 6.67. The quantitative estimate of drug-likeness (QED) is 0.511. The molecule has 0 saturated heterocycles. The number of benzene rings is 1. The summed E-state index contributed by atoms with van der Waals surface area (Å²) in [7, 11) is 0. The second-order valence-corrected chi connectivity index (χ2v) is 8.21.